The van der Waals surface area contributed by atoms with Gasteiger partial charge in [0.05, 0.1) is 11.0 Å². The van der Waals surface area contributed by atoms with E-state index in [-0.39, 0.29) is 0 Å². The summed E-state index contributed by atoms with van der Waals surface area (Å²) in [5.74, 6) is 0. The van der Waals surface area contributed by atoms with Gasteiger partial charge in [-0.1, -0.05) is 24.3 Å². The molecule has 4 heterocycles. The minimum atomic E-state index is 0.988. The average molecular weight is 304 g/mol. The van der Waals surface area contributed by atoms with Crippen LogP contribution in [0.4, 0.5) is 0 Å². The first-order chi connectivity index (χ1) is 9.47. The molecule has 0 fully saturated rings. The first kappa shape index (κ1) is 13.9. The van der Waals surface area contributed by atoms with Gasteiger partial charge in [0.25, 0.3) is 0 Å². The Morgan fingerprint density at radius 1 is 0.579 bits per heavy atom. The summed E-state index contributed by atoms with van der Waals surface area (Å²) in [5.41, 5.74) is 1.98. The molecule has 0 saturated carbocycles. The summed E-state index contributed by atoms with van der Waals surface area (Å²) in [6.07, 6.45) is 3.41. The molecule has 0 bridgehead atoms. The van der Waals surface area contributed by atoms with Crippen LogP contribution in [0.3, 0.4) is 0 Å². The van der Waals surface area contributed by atoms with Crippen molar-refractivity contribution in [1.29, 1.82) is 0 Å². The van der Waals surface area contributed by atoms with Crippen LogP contribution in [0.25, 0.3) is 11.0 Å². The fraction of sp³-hybridized carbons (Fsp3) is 0. The molecule has 0 aromatic carbocycles. The number of rotatable bonds is 0. The number of thiophene rings is 3. The van der Waals surface area contributed by atoms with E-state index in [4.69, 9.17) is 0 Å². The Bertz CT molecular complexity index is 551. The van der Waals surface area contributed by atoms with Crippen molar-refractivity contribution in [3.8, 4) is 0 Å². The van der Waals surface area contributed by atoms with Gasteiger partial charge in [-0.25, -0.2) is 0 Å². The first-order valence-corrected chi connectivity index (χ1v) is 8.37. The van der Waals surface area contributed by atoms with E-state index in [2.05, 4.69) is 9.97 Å². The molecule has 2 nitrogen and oxygen atoms in total. The van der Waals surface area contributed by atoms with Crippen molar-refractivity contribution < 1.29 is 0 Å². The van der Waals surface area contributed by atoms with Gasteiger partial charge in [0.2, 0.25) is 0 Å². The predicted octanol–water partition coefficient (Wildman–Crippen LogP) is 5.19. The second-order valence-electron chi connectivity index (χ2n) is 3.28. The second-order valence-corrected chi connectivity index (χ2v) is 5.66. The molecule has 0 unspecified atom stereocenters. The van der Waals surface area contributed by atoms with E-state index < -0.39 is 0 Å². The fourth-order valence-electron chi connectivity index (χ4n) is 1.16. The van der Waals surface area contributed by atoms with Crippen LogP contribution in [0.15, 0.2) is 68.9 Å². The Balaban J connectivity index is 0.000000114. The van der Waals surface area contributed by atoms with Crippen molar-refractivity contribution in [2.24, 2.45) is 0 Å². The molecule has 5 heteroatoms. The van der Waals surface area contributed by atoms with E-state index in [0.717, 1.165) is 11.0 Å². The van der Waals surface area contributed by atoms with Gasteiger partial charge in [-0.2, -0.15) is 22.7 Å². The minimum Gasteiger partial charge on any atom is -0.252 e. The molecule has 4 aromatic rings. The maximum Gasteiger partial charge on any atom is 0.0993 e. The van der Waals surface area contributed by atoms with E-state index in [1.807, 2.05) is 56.5 Å². The van der Waals surface area contributed by atoms with Crippen LogP contribution in [-0.4, -0.2) is 9.97 Å². The highest BCUT2D eigenvalue weighted by atomic mass is 32.1. The molecular weight excluding hydrogens is 292 g/mol. The molecule has 0 saturated heterocycles. The van der Waals surface area contributed by atoms with Gasteiger partial charge < -0.3 is 0 Å². The molecule has 0 aliphatic heterocycles. The van der Waals surface area contributed by atoms with Gasteiger partial charge in [-0.15, -0.1) is 11.3 Å². The van der Waals surface area contributed by atoms with E-state index >= 15 is 0 Å². The van der Waals surface area contributed by atoms with Crippen molar-refractivity contribution >= 4 is 45.0 Å². The second kappa shape index (κ2) is 8.53. The summed E-state index contributed by atoms with van der Waals surface area (Å²) in [4.78, 5) is 8.18. The minimum absolute atomic E-state index is 0.988. The Hall–Kier alpha value is -1.56. The molecule has 19 heavy (non-hydrogen) atoms. The zero-order valence-electron chi connectivity index (χ0n) is 10.0. The quantitative estimate of drug-likeness (QED) is 0.447. The van der Waals surface area contributed by atoms with Gasteiger partial charge in [-0.05, 0) is 21.5 Å². The maximum absolute atomic E-state index is 4.09. The number of aromatic nitrogens is 2. The van der Waals surface area contributed by atoms with Crippen LogP contribution in [0, 0.1) is 0 Å². The monoisotopic (exact) mass is 304 g/mol. The molecule has 0 atom stereocenters. The SMILES string of the molecule is c1ccsc1.c1ccsc1.c1cnc2cscc2n1. The van der Waals surface area contributed by atoms with E-state index in [0.29, 0.717) is 0 Å². The standard InChI is InChI=1S/C6H4N2S.2C4H4S/c1-2-8-6-4-9-3-5(6)7-1;2*1-2-4-5-3-1/h1-4H;2*1-4H. The first-order valence-electron chi connectivity index (χ1n) is 5.54. The molecule has 96 valence electrons. The third kappa shape index (κ3) is 5.30. The van der Waals surface area contributed by atoms with Crippen LogP contribution in [0.1, 0.15) is 0 Å². The molecule has 0 N–H and O–H groups in total. The van der Waals surface area contributed by atoms with Crippen LogP contribution >= 0.6 is 34.0 Å². The average Bonchev–Trinajstić information content (AvgIpc) is 3.22. The van der Waals surface area contributed by atoms with Crippen molar-refractivity contribution in [3.63, 3.8) is 0 Å². The molecule has 0 radical (unpaired) electrons. The third-order valence-electron chi connectivity index (χ3n) is 1.97. The molecule has 4 aromatic heterocycles. The normalized spacial score (nSPS) is 9.05. The topological polar surface area (TPSA) is 25.8 Å². The van der Waals surface area contributed by atoms with Gasteiger partial charge in [0.15, 0.2) is 0 Å². The number of fused-ring (bicyclic) bond motifs is 1. The van der Waals surface area contributed by atoms with Gasteiger partial charge in [-0.3, -0.25) is 9.97 Å². The number of hydrogen-bond acceptors (Lipinski definition) is 5. The summed E-state index contributed by atoms with van der Waals surface area (Å²) in [6, 6.07) is 8.07. The van der Waals surface area contributed by atoms with Crippen LogP contribution in [0.2, 0.25) is 0 Å². The van der Waals surface area contributed by atoms with E-state index in [1.165, 1.54) is 0 Å². The number of nitrogens with zero attached hydrogens (tertiary/aromatic N) is 2. The smallest absolute Gasteiger partial charge is 0.0993 e. The lowest BCUT2D eigenvalue weighted by atomic mass is 10.5. The summed E-state index contributed by atoms with van der Waals surface area (Å²) in [6.45, 7) is 0. The van der Waals surface area contributed by atoms with Crippen LogP contribution in [0.5, 0.6) is 0 Å². The van der Waals surface area contributed by atoms with Gasteiger partial charge in [0.1, 0.15) is 0 Å². The fourth-order valence-corrected chi connectivity index (χ4v) is 2.75. The predicted molar refractivity (Wildman–Crippen MR) is 86.1 cm³/mol. The van der Waals surface area contributed by atoms with E-state index in [1.54, 1.807) is 46.4 Å². The van der Waals surface area contributed by atoms with Gasteiger partial charge >= 0.3 is 0 Å². The lowest BCUT2D eigenvalue weighted by Gasteiger charge is -1.81. The Labute approximate surface area is 124 Å². The Morgan fingerprint density at radius 2 is 1.00 bits per heavy atom. The molecule has 0 aliphatic rings. The van der Waals surface area contributed by atoms with Gasteiger partial charge in [0, 0.05) is 23.2 Å². The molecule has 0 spiro atoms. The summed E-state index contributed by atoms with van der Waals surface area (Å²) < 4.78 is 0. The van der Waals surface area contributed by atoms with Crippen LogP contribution < -0.4 is 0 Å². The van der Waals surface area contributed by atoms with Crippen molar-refractivity contribution in [2.75, 3.05) is 0 Å². The Kier molecular flexibility index (Phi) is 6.22. The van der Waals surface area contributed by atoms with Crippen molar-refractivity contribution in [1.82, 2.24) is 9.97 Å². The molecule has 0 aliphatic carbocycles. The third-order valence-corrected chi connectivity index (χ3v) is 3.94. The van der Waals surface area contributed by atoms with E-state index in [9.17, 15) is 0 Å². The van der Waals surface area contributed by atoms with Crippen molar-refractivity contribution in [3.05, 3.63) is 68.9 Å². The molecular formula is C14H12N2S3. The molecule has 4 rings (SSSR count). The zero-order chi connectivity index (χ0) is 13.2. The summed E-state index contributed by atoms with van der Waals surface area (Å²) >= 11 is 5.05. The summed E-state index contributed by atoms with van der Waals surface area (Å²) in [5, 5.41) is 12.1. The molecule has 0 amide bonds. The maximum atomic E-state index is 4.09. The zero-order valence-corrected chi connectivity index (χ0v) is 12.5. The van der Waals surface area contributed by atoms with Crippen LogP contribution in [-0.2, 0) is 0 Å². The summed E-state index contributed by atoms with van der Waals surface area (Å²) in [7, 11) is 0. The highest BCUT2D eigenvalue weighted by Crippen LogP contribution is 2.11. The highest BCUT2D eigenvalue weighted by Gasteiger charge is 1.90. The number of hydrogen-bond donors (Lipinski definition) is 0. The highest BCUT2D eigenvalue weighted by molar-refractivity contribution is 7.09. The Morgan fingerprint density at radius 3 is 1.32 bits per heavy atom. The van der Waals surface area contributed by atoms with Crippen molar-refractivity contribution in [2.45, 2.75) is 0 Å². The lowest BCUT2D eigenvalue weighted by Crippen LogP contribution is -1.73. The lowest BCUT2D eigenvalue weighted by molar-refractivity contribution is 1.31. The largest absolute Gasteiger partial charge is 0.252 e.